The summed E-state index contributed by atoms with van der Waals surface area (Å²) in [6, 6.07) is 7.50. The number of hydrogen-bond acceptors (Lipinski definition) is 4. The Morgan fingerprint density at radius 2 is 1.92 bits per heavy atom. The Labute approximate surface area is 140 Å². The lowest BCUT2D eigenvalue weighted by Crippen LogP contribution is -2.72. The molecule has 7 nitrogen and oxygen atoms in total. The van der Waals surface area contributed by atoms with E-state index in [0.29, 0.717) is 5.56 Å². The minimum Gasteiger partial charge on any atom is -0.479 e. The lowest BCUT2D eigenvalue weighted by molar-refractivity contribution is -0.159. The van der Waals surface area contributed by atoms with E-state index in [2.05, 4.69) is 11.9 Å². The van der Waals surface area contributed by atoms with Crippen molar-refractivity contribution in [3.05, 3.63) is 48.0 Å². The van der Waals surface area contributed by atoms with E-state index < -0.39 is 51.3 Å². The summed E-state index contributed by atoms with van der Waals surface area (Å²) < 4.78 is 12.9. The third kappa shape index (κ3) is 2.34. The number of carbonyl (C=O) groups is 3. The molecule has 2 aliphatic rings. The van der Waals surface area contributed by atoms with E-state index in [4.69, 9.17) is 0 Å². The predicted molar refractivity (Wildman–Crippen MR) is 86.1 cm³/mol. The average molecular weight is 348 g/mol. The third-order valence-electron chi connectivity index (χ3n) is 4.24. The maximum Gasteiger partial charge on any atom is 0.330 e. The lowest BCUT2D eigenvalue weighted by atomic mass is 9.86. The Kier molecular flexibility index (Phi) is 4.00. The number of carboxylic acids is 1. The predicted octanol–water partition coefficient (Wildman–Crippen LogP) is 0.172. The summed E-state index contributed by atoms with van der Waals surface area (Å²) in [5, 5.41) is 10.2. The van der Waals surface area contributed by atoms with Gasteiger partial charge in [-0.3, -0.25) is 13.8 Å². The monoisotopic (exact) mass is 348 g/mol. The van der Waals surface area contributed by atoms with Gasteiger partial charge in [-0.05, 0) is 11.1 Å². The van der Waals surface area contributed by atoms with Crippen LogP contribution in [0.25, 0.3) is 0 Å². The second kappa shape index (κ2) is 5.86. The normalized spacial score (nSPS) is 31.9. The molecule has 1 aromatic rings. The van der Waals surface area contributed by atoms with Crippen molar-refractivity contribution in [2.75, 3.05) is 0 Å². The van der Waals surface area contributed by atoms with Crippen LogP contribution >= 0.6 is 0 Å². The van der Waals surface area contributed by atoms with Crippen LogP contribution in [0.5, 0.6) is 0 Å². The summed E-state index contributed by atoms with van der Waals surface area (Å²) >= 11 is 0. The quantitative estimate of drug-likeness (QED) is 0.599. The number of nitrogens with one attached hydrogen (secondary N) is 1. The number of β-lactam (4-membered cyclic amide) rings is 1. The van der Waals surface area contributed by atoms with Crippen molar-refractivity contribution in [2.24, 2.45) is 0 Å². The Bertz CT molecular complexity index is 763. The molecule has 2 heterocycles. The van der Waals surface area contributed by atoms with Crippen LogP contribution in [-0.2, 0) is 25.2 Å². The van der Waals surface area contributed by atoms with Gasteiger partial charge in [-0.2, -0.15) is 0 Å². The molecule has 1 unspecified atom stereocenters. The SMILES string of the molecule is C=C1C(NC(C)=O)[S@](=O)[C@@H]2[C@H](c3ccccc3)C(=O)N2[C@H]1C(=O)O. The van der Waals surface area contributed by atoms with Gasteiger partial charge in [-0.1, -0.05) is 36.9 Å². The molecular formula is C16H16N2O5S. The van der Waals surface area contributed by atoms with Crippen molar-refractivity contribution in [3.8, 4) is 0 Å². The van der Waals surface area contributed by atoms with E-state index in [-0.39, 0.29) is 5.57 Å². The van der Waals surface area contributed by atoms with Crippen LogP contribution in [0, 0.1) is 0 Å². The molecule has 0 radical (unpaired) electrons. The first-order valence-corrected chi connectivity index (χ1v) is 8.57. The van der Waals surface area contributed by atoms with E-state index in [1.807, 2.05) is 0 Å². The van der Waals surface area contributed by atoms with Crippen LogP contribution in [0.1, 0.15) is 18.4 Å². The van der Waals surface area contributed by atoms with Crippen molar-refractivity contribution in [1.82, 2.24) is 10.2 Å². The molecule has 126 valence electrons. The van der Waals surface area contributed by atoms with Crippen molar-refractivity contribution < 1.29 is 23.7 Å². The van der Waals surface area contributed by atoms with E-state index in [0.717, 1.165) is 4.90 Å². The minimum absolute atomic E-state index is 0.0483. The van der Waals surface area contributed by atoms with E-state index in [1.54, 1.807) is 30.3 Å². The summed E-state index contributed by atoms with van der Waals surface area (Å²) in [5.74, 6) is -2.77. The number of amides is 2. The second-order valence-corrected chi connectivity index (χ2v) is 7.36. The number of fused-ring (bicyclic) bond motifs is 1. The Hall–Kier alpha value is -2.48. The molecule has 24 heavy (non-hydrogen) atoms. The zero-order valence-corrected chi connectivity index (χ0v) is 13.7. The molecule has 3 rings (SSSR count). The standard InChI is InChI=1S/C16H16N2O5S/c1-8-12(16(21)22)18-14(20)11(10-6-4-3-5-7-10)15(18)24(23)13(8)17-9(2)19/h3-7,11-13,15H,1H2,2H3,(H,17,19)(H,21,22)/t11-,12-,13?,15-,24+/m1/s1. The number of carbonyl (C=O) groups excluding carboxylic acids is 2. The van der Waals surface area contributed by atoms with Crippen LogP contribution in [0.2, 0.25) is 0 Å². The molecule has 2 fully saturated rings. The molecule has 0 aliphatic carbocycles. The molecule has 2 N–H and O–H groups in total. The minimum atomic E-state index is -1.69. The number of aliphatic carboxylic acids is 1. The van der Waals surface area contributed by atoms with Gasteiger partial charge in [0.15, 0.2) is 6.04 Å². The molecule has 0 saturated carbocycles. The molecule has 0 aromatic heterocycles. The van der Waals surface area contributed by atoms with Gasteiger partial charge in [0.2, 0.25) is 11.8 Å². The van der Waals surface area contributed by atoms with Gasteiger partial charge in [-0.15, -0.1) is 0 Å². The van der Waals surface area contributed by atoms with Gasteiger partial charge in [0.1, 0.15) is 10.7 Å². The van der Waals surface area contributed by atoms with Gasteiger partial charge >= 0.3 is 5.97 Å². The highest BCUT2D eigenvalue weighted by Gasteiger charge is 2.61. The third-order valence-corrected chi connectivity index (χ3v) is 6.10. The van der Waals surface area contributed by atoms with Crippen LogP contribution in [0.15, 0.2) is 42.5 Å². The molecule has 2 amide bonds. The lowest BCUT2D eigenvalue weighted by Gasteiger charge is -2.54. The molecule has 5 atom stereocenters. The van der Waals surface area contributed by atoms with Gasteiger partial charge in [0.05, 0.1) is 16.7 Å². The fourth-order valence-electron chi connectivity index (χ4n) is 3.20. The first-order valence-electron chi connectivity index (χ1n) is 7.29. The first kappa shape index (κ1) is 16.4. The van der Waals surface area contributed by atoms with Crippen molar-refractivity contribution >= 4 is 28.6 Å². The van der Waals surface area contributed by atoms with Crippen LogP contribution in [0.4, 0.5) is 0 Å². The van der Waals surface area contributed by atoms with Crippen molar-refractivity contribution in [3.63, 3.8) is 0 Å². The number of carboxylic acid groups (broad SMARTS) is 1. The number of benzene rings is 1. The second-order valence-electron chi connectivity index (χ2n) is 5.75. The molecule has 8 heteroatoms. The van der Waals surface area contributed by atoms with Crippen LogP contribution in [0.3, 0.4) is 0 Å². The molecule has 0 spiro atoms. The first-order chi connectivity index (χ1) is 11.3. The molecular weight excluding hydrogens is 332 g/mol. The van der Waals surface area contributed by atoms with Gasteiger partial charge < -0.3 is 15.3 Å². The number of hydrogen-bond donors (Lipinski definition) is 2. The number of nitrogens with zero attached hydrogens (tertiary/aromatic N) is 1. The molecule has 0 bridgehead atoms. The van der Waals surface area contributed by atoms with E-state index in [9.17, 15) is 23.7 Å². The highest BCUT2D eigenvalue weighted by molar-refractivity contribution is 7.86. The Morgan fingerprint density at radius 1 is 1.29 bits per heavy atom. The molecule has 2 saturated heterocycles. The smallest absolute Gasteiger partial charge is 0.330 e. The zero-order chi connectivity index (χ0) is 17.6. The highest BCUT2D eigenvalue weighted by atomic mass is 32.2. The van der Waals surface area contributed by atoms with Gasteiger partial charge in [0, 0.05) is 6.92 Å². The number of rotatable bonds is 3. The van der Waals surface area contributed by atoms with Crippen LogP contribution < -0.4 is 5.32 Å². The fraction of sp³-hybridized carbons (Fsp3) is 0.312. The summed E-state index contributed by atoms with van der Waals surface area (Å²) in [7, 11) is -1.69. The largest absolute Gasteiger partial charge is 0.479 e. The summed E-state index contributed by atoms with van der Waals surface area (Å²) in [4.78, 5) is 36.6. The fourth-order valence-corrected chi connectivity index (χ4v) is 5.18. The average Bonchev–Trinajstić information content (AvgIpc) is 2.53. The zero-order valence-electron chi connectivity index (χ0n) is 12.8. The highest BCUT2D eigenvalue weighted by Crippen LogP contribution is 2.45. The summed E-state index contributed by atoms with van der Waals surface area (Å²) in [6.45, 7) is 4.93. The van der Waals surface area contributed by atoms with E-state index >= 15 is 0 Å². The van der Waals surface area contributed by atoms with Crippen molar-refractivity contribution in [1.29, 1.82) is 0 Å². The van der Waals surface area contributed by atoms with Crippen molar-refractivity contribution in [2.45, 2.75) is 29.6 Å². The maximum absolute atomic E-state index is 12.9. The van der Waals surface area contributed by atoms with Gasteiger partial charge in [0.25, 0.3) is 0 Å². The van der Waals surface area contributed by atoms with Crippen LogP contribution in [-0.4, -0.2) is 48.8 Å². The van der Waals surface area contributed by atoms with Gasteiger partial charge in [-0.25, -0.2) is 4.79 Å². The topological polar surface area (TPSA) is 104 Å². The Balaban J connectivity index is 2.02. The summed E-state index contributed by atoms with van der Waals surface area (Å²) in [5.41, 5.74) is 0.725. The Morgan fingerprint density at radius 3 is 2.46 bits per heavy atom. The molecule has 1 aromatic carbocycles. The maximum atomic E-state index is 12.9. The molecule has 2 aliphatic heterocycles. The summed E-state index contributed by atoms with van der Waals surface area (Å²) in [6.07, 6.45) is 0. The van der Waals surface area contributed by atoms with E-state index in [1.165, 1.54) is 6.92 Å².